The Bertz CT molecular complexity index is 729. The molecule has 0 N–H and O–H groups in total. The lowest BCUT2D eigenvalue weighted by Crippen LogP contribution is -2.38. The molecule has 0 radical (unpaired) electrons. The van der Waals surface area contributed by atoms with Gasteiger partial charge >= 0.3 is 0 Å². The number of likely N-dealkylation sites (tertiary alicyclic amines) is 1. The Morgan fingerprint density at radius 2 is 1.58 bits per heavy atom. The number of benzene rings is 2. The van der Waals surface area contributed by atoms with E-state index in [0.717, 1.165) is 32.4 Å². The number of carbonyl (C=O) groups excluding carboxylic acids is 2. The van der Waals surface area contributed by atoms with Gasteiger partial charge in [-0.2, -0.15) is 0 Å². The minimum absolute atomic E-state index is 0.0557. The molecule has 1 heterocycles. The predicted octanol–water partition coefficient (Wildman–Crippen LogP) is 4.62. The number of rotatable bonds is 6. The highest BCUT2D eigenvalue weighted by Crippen LogP contribution is 2.28. The van der Waals surface area contributed by atoms with Gasteiger partial charge in [-0.05, 0) is 36.3 Å². The van der Waals surface area contributed by atoms with Gasteiger partial charge in [0.25, 0.3) is 0 Å². The van der Waals surface area contributed by atoms with Crippen molar-refractivity contribution in [2.45, 2.75) is 44.9 Å². The van der Waals surface area contributed by atoms with Gasteiger partial charge in [0.2, 0.25) is 5.91 Å². The number of aryl methyl sites for hydroxylation is 1. The van der Waals surface area contributed by atoms with Crippen LogP contribution >= 0.6 is 0 Å². The number of carbonyl (C=O) groups is 2. The molecule has 0 spiro atoms. The first-order valence-electron chi connectivity index (χ1n) is 9.62. The molecule has 0 atom stereocenters. The number of amides is 1. The third-order valence-corrected chi connectivity index (χ3v) is 5.37. The van der Waals surface area contributed by atoms with E-state index in [0.29, 0.717) is 24.3 Å². The lowest BCUT2D eigenvalue weighted by atomic mass is 9.89. The van der Waals surface area contributed by atoms with Gasteiger partial charge in [0.15, 0.2) is 5.78 Å². The SMILES string of the molecule is CCc1ccc(C(=O)CCC(=O)N2CCC(c3ccccc3)CC2)cc1. The molecule has 0 aliphatic carbocycles. The van der Waals surface area contributed by atoms with Crippen LogP contribution in [0.25, 0.3) is 0 Å². The summed E-state index contributed by atoms with van der Waals surface area (Å²) in [6.07, 6.45) is 3.57. The minimum Gasteiger partial charge on any atom is -0.343 e. The molecule has 1 aliphatic rings. The van der Waals surface area contributed by atoms with Crippen LogP contribution in [-0.2, 0) is 11.2 Å². The Labute approximate surface area is 156 Å². The average Bonchev–Trinajstić information content (AvgIpc) is 2.72. The zero-order valence-corrected chi connectivity index (χ0v) is 15.5. The third kappa shape index (κ3) is 4.60. The van der Waals surface area contributed by atoms with Crippen LogP contribution in [0, 0.1) is 0 Å². The van der Waals surface area contributed by atoms with Crippen LogP contribution in [-0.4, -0.2) is 29.7 Å². The summed E-state index contributed by atoms with van der Waals surface area (Å²) >= 11 is 0. The molecule has 1 amide bonds. The van der Waals surface area contributed by atoms with E-state index < -0.39 is 0 Å². The molecular weight excluding hydrogens is 322 g/mol. The van der Waals surface area contributed by atoms with Gasteiger partial charge in [-0.25, -0.2) is 0 Å². The van der Waals surface area contributed by atoms with Gasteiger partial charge in [0, 0.05) is 31.5 Å². The van der Waals surface area contributed by atoms with E-state index in [2.05, 4.69) is 31.2 Å². The quantitative estimate of drug-likeness (QED) is 0.714. The van der Waals surface area contributed by atoms with Crippen molar-refractivity contribution in [3.63, 3.8) is 0 Å². The lowest BCUT2D eigenvalue weighted by Gasteiger charge is -2.32. The molecule has 0 unspecified atom stereocenters. The van der Waals surface area contributed by atoms with Crippen molar-refractivity contribution in [2.75, 3.05) is 13.1 Å². The molecule has 3 nitrogen and oxygen atoms in total. The molecule has 1 fully saturated rings. The summed E-state index contributed by atoms with van der Waals surface area (Å²) in [5.74, 6) is 0.703. The first-order chi connectivity index (χ1) is 12.7. The largest absolute Gasteiger partial charge is 0.343 e. The van der Waals surface area contributed by atoms with Crippen molar-refractivity contribution in [2.24, 2.45) is 0 Å². The first kappa shape index (κ1) is 18.4. The van der Waals surface area contributed by atoms with Crippen LogP contribution in [0.3, 0.4) is 0 Å². The summed E-state index contributed by atoms with van der Waals surface area (Å²) in [7, 11) is 0. The van der Waals surface area contributed by atoms with E-state index in [9.17, 15) is 9.59 Å². The maximum atomic E-state index is 12.5. The lowest BCUT2D eigenvalue weighted by molar-refractivity contribution is -0.132. The molecule has 3 heteroatoms. The standard InChI is InChI=1S/C23H27NO2/c1-2-18-8-10-21(11-9-18)22(25)12-13-23(26)24-16-14-20(15-17-24)19-6-4-3-5-7-19/h3-11,20H,2,12-17H2,1H3. The Morgan fingerprint density at radius 3 is 2.19 bits per heavy atom. The van der Waals surface area contributed by atoms with Crippen LogP contribution in [0.1, 0.15) is 60.0 Å². The highest BCUT2D eigenvalue weighted by Gasteiger charge is 2.24. The second-order valence-electron chi connectivity index (χ2n) is 7.04. The number of ketones is 1. The molecular formula is C23H27NO2. The normalized spacial score (nSPS) is 15.0. The van der Waals surface area contributed by atoms with Crippen LogP contribution in [0.2, 0.25) is 0 Å². The van der Waals surface area contributed by atoms with Gasteiger partial charge in [-0.1, -0.05) is 61.5 Å². The molecule has 3 rings (SSSR count). The zero-order chi connectivity index (χ0) is 18.4. The topological polar surface area (TPSA) is 37.4 Å². The summed E-state index contributed by atoms with van der Waals surface area (Å²) in [6.45, 7) is 3.67. The van der Waals surface area contributed by atoms with Crippen LogP contribution in [0.5, 0.6) is 0 Å². The maximum Gasteiger partial charge on any atom is 0.223 e. The predicted molar refractivity (Wildman–Crippen MR) is 104 cm³/mol. The third-order valence-electron chi connectivity index (χ3n) is 5.37. The fraction of sp³-hybridized carbons (Fsp3) is 0.391. The minimum atomic E-state index is 0.0557. The summed E-state index contributed by atoms with van der Waals surface area (Å²) in [5, 5.41) is 0. The smallest absolute Gasteiger partial charge is 0.223 e. The van der Waals surface area contributed by atoms with Gasteiger partial charge in [-0.3, -0.25) is 9.59 Å². The molecule has 26 heavy (non-hydrogen) atoms. The fourth-order valence-electron chi connectivity index (χ4n) is 3.64. The number of nitrogens with zero attached hydrogens (tertiary/aromatic N) is 1. The van der Waals surface area contributed by atoms with Crippen LogP contribution in [0.15, 0.2) is 54.6 Å². The van der Waals surface area contributed by atoms with Crippen LogP contribution < -0.4 is 0 Å². The van der Waals surface area contributed by atoms with Gasteiger partial charge in [0.1, 0.15) is 0 Å². The molecule has 0 saturated carbocycles. The number of hydrogen-bond acceptors (Lipinski definition) is 2. The molecule has 2 aromatic carbocycles. The highest BCUT2D eigenvalue weighted by molar-refractivity contribution is 5.98. The van der Waals surface area contributed by atoms with Crippen molar-refractivity contribution >= 4 is 11.7 Å². The molecule has 0 aromatic heterocycles. The maximum absolute atomic E-state index is 12.5. The van der Waals surface area contributed by atoms with E-state index in [-0.39, 0.29) is 11.7 Å². The second kappa shape index (κ2) is 8.79. The number of piperidine rings is 1. The van der Waals surface area contributed by atoms with Gasteiger partial charge in [0.05, 0.1) is 0 Å². The first-order valence-corrected chi connectivity index (χ1v) is 9.62. The summed E-state index contributed by atoms with van der Waals surface area (Å²) in [6, 6.07) is 18.3. The Kier molecular flexibility index (Phi) is 6.21. The summed E-state index contributed by atoms with van der Waals surface area (Å²) in [5.41, 5.74) is 3.29. The van der Waals surface area contributed by atoms with Gasteiger partial charge in [-0.15, -0.1) is 0 Å². The number of hydrogen-bond donors (Lipinski definition) is 0. The fourth-order valence-corrected chi connectivity index (χ4v) is 3.64. The van der Waals surface area contributed by atoms with E-state index in [1.54, 1.807) is 0 Å². The van der Waals surface area contributed by atoms with E-state index in [1.165, 1.54) is 11.1 Å². The van der Waals surface area contributed by atoms with Gasteiger partial charge < -0.3 is 4.90 Å². The summed E-state index contributed by atoms with van der Waals surface area (Å²) in [4.78, 5) is 26.7. The zero-order valence-electron chi connectivity index (χ0n) is 15.5. The summed E-state index contributed by atoms with van der Waals surface area (Å²) < 4.78 is 0. The van der Waals surface area contributed by atoms with E-state index in [1.807, 2.05) is 35.2 Å². The Morgan fingerprint density at radius 1 is 0.923 bits per heavy atom. The van der Waals surface area contributed by atoms with E-state index in [4.69, 9.17) is 0 Å². The molecule has 1 aliphatic heterocycles. The molecule has 2 aromatic rings. The highest BCUT2D eigenvalue weighted by atomic mass is 16.2. The van der Waals surface area contributed by atoms with Crippen molar-refractivity contribution in [1.82, 2.24) is 4.90 Å². The second-order valence-corrected chi connectivity index (χ2v) is 7.04. The molecule has 0 bridgehead atoms. The number of Topliss-reactive ketones (excluding diaryl/α,β-unsaturated/α-hetero) is 1. The van der Waals surface area contributed by atoms with E-state index >= 15 is 0 Å². The Hall–Kier alpha value is -2.42. The monoisotopic (exact) mass is 349 g/mol. The van der Waals surface area contributed by atoms with Crippen molar-refractivity contribution in [3.05, 3.63) is 71.3 Å². The van der Waals surface area contributed by atoms with Crippen LogP contribution in [0.4, 0.5) is 0 Å². The van der Waals surface area contributed by atoms with Crippen molar-refractivity contribution in [1.29, 1.82) is 0 Å². The average molecular weight is 349 g/mol. The Balaban J connectivity index is 1.46. The van der Waals surface area contributed by atoms with Crippen molar-refractivity contribution < 1.29 is 9.59 Å². The van der Waals surface area contributed by atoms with Crippen molar-refractivity contribution in [3.8, 4) is 0 Å². The molecule has 1 saturated heterocycles. The molecule has 136 valence electrons.